The maximum absolute atomic E-state index is 5.99. The van der Waals surface area contributed by atoms with Crippen molar-refractivity contribution >= 4 is 0 Å². The molecule has 0 aliphatic heterocycles. The number of hydrogen-bond donors (Lipinski definition) is 1. The van der Waals surface area contributed by atoms with Crippen LogP contribution >= 0.6 is 0 Å². The molecule has 1 fully saturated rings. The summed E-state index contributed by atoms with van der Waals surface area (Å²) in [5.74, 6) is 0. The molecule has 14 heavy (non-hydrogen) atoms. The van der Waals surface area contributed by atoms with Gasteiger partial charge in [0.2, 0.25) is 0 Å². The Morgan fingerprint density at radius 3 is 2.43 bits per heavy atom. The van der Waals surface area contributed by atoms with Crippen molar-refractivity contribution in [3.63, 3.8) is 0 Å². The standard InChI is InChI=1S/C12H25NO/c1-5-6-11(14-12(2,3)4)9-13-10-7-8-10/h10-11,13H,5-9H2,1-4H3. The Morgan fingerprint density at radius 2 is 2.00 bits per heavy atom. The molecular weight excluding hydrogens is 174 g/mol. The molecule has 1 rings (SSSR count). The number of hydrogen-bond acceptors (Lipinski definition) is 2. The van der Waals surface area contributed by atoms with Crippen molar-refractivity contribution in [1.82, 2.24) is 5.32 Å². The Balaban J connectivity index is 2.21. The van der Waals surface area contributed by atoms with E-state index in [9.17, 15) is 0 Å². The minimum Gasteiger partial charge on any atom is -0.371 e. The molecule has 2 heteroatoms. The van der Waals surface area contributed by atoms with Crippen LogP contribution in [-0.4, -0.2) is 24.3 Å². The van der Waals surface area contributed by atoms with E-state index in [2.05, 4.69) is 33.0 Å². The minimum absolute atomic E-state index is 0.00886. The van der Waals surface area contributed by atoms with Gasteiger partial charge in [0.25, 0.3) is 0 Å². The second-order valence-electron chi connectivity index (χ2n) is 5.32. The average molecular weight is 199 g/mol. The first-order chi connectivity index (χ1) is 6.51. The van der Waals surface area contributed by atoms with E-state index in [0.29, 0.717) is 6.10 Å². The van der Waals surface area contributed by atoms with Crippen LogP contribution in [0.4, 0.5) is 0 Å². The lowest BCUT2D eigenvalue weighted by Crippen LogP contribution is -2.36. The van der Waals surface area contributed by atoms with Gasteiger partial charge in [-0.15, -0.1) is 0 Å². The summed E-state index contributed by atoms with van der Waals surface area (Å²) in [6.07, 6.45) is 5.47. The van der Waals surface area contributed by atoms with Crippen molar-refractivity contribution in [2.45, 2.75) is 71.1 Å². The molecule has 0 bridgehead atoms. The van der Waals surface area contributed by atoms with E-state index < -0.39 is 0 Å². The predicted octanol–water partition coefficient (Wildman–Crippen LogP) is 2.72. The smallest absolute Gasteiger partial charge is 0.0706 e. The second kappa shape index (κ2) is 5.13. The molecule has 0 radical (unpaired) electrons. The summed E-state index contributed by atoms with van der Waals surface area (Å²) in [6.45, 7) is 9.64. The van der Waals surface area contributed by atoms with Crippen LogP contribution in [0.5, 0.6) is 0 Å². The van der Waals surface area contributed by atoms with Crippen LogP contribution in [0.3, 0.4) is 0 Å². The highest BCUT2D eigenvalue weighted by molar-refractivity contribution is 4.82. The molecule has 1 N–H and O–H groups in total. The van der Waals surface area contributed by atoms with Crippen LogP contribution in [0.15, 0.2) is 0 Å². The van der Waals surface area contributed by atoms with Gasteiger partial charge in [-0.05, 0) is 40.0 Å². The van der Waals surface area contributed by atoms with Gasteiger partial charge in [-0.2, -0.15) is 0 Å². The van der Waals surface area contributed by atoms with Crippen LogP contribution in [-0.2, 0) is 4.74 Å². The molecule has 2 nitrogen and oxygen atoms in total. The highest BCUT2D eigenvalue weighted by atomic mass is 16.5. The molecule has 0 saturated heterocycles. The highest BCUT2D eigenvalue weighted by Crippen LogP contribution is 2.20. The fourth-order valence-electron chi connectivity index (χ4n) is 1.61. The van der Waals surface area contributed by atoms with Crippen molar-refractivity contribution in [2.24, 2.45) is 0 Å². The van der Waals surface area contributed by atoms with Gasteiger partial charge in [-0.1, -0.05) is 13.3 Å². The van der Waals surface area contributed by atoms with E-state index >= 15 is 0 Å². The maximum atomic E-state index is 5.99. The monoisotopic (exact) mass is 199 g/mol. The number of rotatable bonds is 6. The van der Waals surface area contributed by atoms with Gasteiger partial charge in [-0.3, -0.25) is 0 Å². The largest absolute Gasteiger partial charge is 0.371 e. The molecule has 84 valence electrons. The van der Waals surface area contributed by atoms with Crippen molar-refractivity contribution in [2.75, 3.05) is 6.54 Å². The molecular formula is C12H25NO. The van der Waals surface area contributed by atoms with E-state index in [-0.39, 0.29) is 5.60 Å². The van der Waals surface area contributed by atoms with Crippen LogP contribution < -0.4 is 5.32 Å². The van der Waals surface area contributed by atoms with Crippen LogP contribution in [0.2, 0.25) is 0 Å². The molecule has 1 aliphatic carbocycles. The zero-order chi connectivity index (χ0) is 10.6. The normalized spacial score (nSPS) is 19.7. The Kier molecular flexibility index (Phi) is 4.39. The first-order valence-electron chi connectivity index (χ1n) is 5.92. The minimum atomic E-state index is -0.00886. The quantitative estimate of drug-likeness (QED) is 0.710. The average Bonchev–Trinajstić information content (AvgIpc) is 2.80. The molecule has 0 spiro atoms. The molecule has 0 aromatic carbocycles. The first kappa shape index (κ1) is 12.0. The Labute approximate surface area is 88.4 Å². The van der Waals surface area contributed by atoms with Gasteiger partial charge in [0.1, 0.15) is 0 Å². The van der Waals surface area contributed by atoms with E-state index in [1.165, 1.54) is 19.3 Å². The third-order valence-electron chi connectivity index (χ3n) is 2.34. The molecule has 0 heterocycles. The lowest BCUT2D eigenvalue weighted by molar-refractivity contribution is -0.0619. The Morgan fingerprint density at radius 1 is 1.36 bits per heavy atom. The summed E-state index contributed by atoms with van der Waals surface area (Å²) >= 11 is 0. The van der Waals surface area contributed by atoms with E-state index in [1.54, 1.807) is 0 Å². The molecule has 1 atom stereocenters. The summed E-state index contributed by atoms with van der Waals surface area (Å²) in [6, 6.07) is 0.790. The first-order valence-corrected chi connectivity index (χ1v) is 5.92. The third kappa shape index (κ3) is 5.61. The highest BCUT2D eigenvalue weighted by Gasteiger charge is 2.23. The third-order valence-corrected chi connectivity index (χ3v) is 2.34. The van der Waals surface area contributed by atoms with E-state index in [1.807, 2.05) is 0 Å². The molecule has 0 amide bonds. The molecule has 1 aliphatic rings. The molecule has 1 unspecified atom stereocenters. The number of nitrogens with one attached hydrogen (secondary N) is 1. The zero-order valence-electron chi connectivity index (χ0n) is 10.1. The Bertz CT molecular complexity index is 158. The summed E-state index contributed by atoms with van der Waals surface area (Å²) in [5, 5.41) is 3.54. The van der Waals surface area contributed by atoms with Gasteiger partial charge in [0.15, 0.2) is 0 Å². The summed E-state index contributed by atoms with van der Waals surface area (Å²) in [4.78, 5) is 0. The van der Waals surface area contributed by atoms with Crippen molar-refractivity contribution in [3.8, 4) is 0 Å². The van der Waals surface area contributed by atoms with Gasteiger partial charge < -0.3 is 10.1 Å². The van der Waals surface area contributed by atoms with E-state index in [0.717, 1.165) is 19.0 Å². The van der Waals surface area contributed by atoms with E-state index in [4.69, 9.17) is 4.74 Å². The van der Waals surface area contributed by atoms with Gasteiger partial charge in [0, 0.05) is 12.6 Å². The maximum Gasteiger partial charge on any atom is 0.0706 e. The molecule has 0 aromatic heterocycles. The number of ether oxygens (including phenoxy) is 1. The lowest BCUT2D eigenvalue weighted by atomic mass is 10.1. The van der Waals surface area contributed by atoms with Crippen molar-refractivity contribution in [3.05, 3.63) is 0 Å². The van der Waals surface area contributed by atoms with Gasteiger partial charge in [0.05, 0.1) is 11.7 Å². The fourth-order valence-corrected chi connectivity index (χ4v) is 1.61. The predicted molar refractivity (Wildman–Crippen MR) is 60.6 cm³/mol. The van der Waals surface area contributed by atoms with Crippen molar-refractivity contribution < 1.29 is 4.74 Å². The van der Waals surface area contributed by atoms with Crippen LogP contribution in [0.1, 0.15) is 53.4 Å². The molecule has 1 saturated carbocycles. The second-order valence-corrected chi connectivity index (χ2v) is 5.32. The van der Waals surface area contributed by atoms with Crippen molar-refractivity contribution in [1.29, 1.82) is 0 Å². The van der Waals surface area contributed by atoms with Crippen LogP contribution in [0, 0.1) is 0 Å². The SMILES string of the molecule is CCCC(CNC1CC1)OC(C)(C)C. The Hall–Kier alpha value is -0.0800. The van der Waals surface area contributed by atoms with Gasteiger partial charge >= 0.3 is 0 Å². The summed E-state index contributed by atoms with van der Waals surface area (Å²) in [5.41, 5.74) is -0.00886. The van der Waals surface area contributed by atoms with Gasteiger partial charge in [-0.25, -0.2) is 0 Å². The fraction of sp³-hybridized carbons (Fsp3) is 1.00. The molecule has 0 aromatic rings. The zero-order valence-corrected chi connectivity index (χ0v) is 10.1. The lowest BCUT2D eigenvalue weighted by Gasteiger charge is -2.27. The topological polar surface area (TPSA) is 21.3 Å². The summed E-state index contributed by atoms with van der Waals surface area (Å²) < 4.78 is 5.99. The summed E-state index contributed by atoms with van der Waals surface area (Å²) in [7, 11) is 0. The van der Waals surface area contributed by atoms with Crippen LogP contribution in [0.25, 0.3) is 0 Å².